The molecule has 0 unspecified atom stereocenters. The van der Waals surface area contributed by atoms with Crippen molar-refractivity contribution in [3.8, 4) is 0 Å². The van der Waals surface area contributed by atoms with Gasteiger partial charge in [0, 0.05) is 12.1 Å². The van der Waals surface area contributed by atoms with Crippen molar-refractivity contribution in [1.29, 1.82) is 0 Å². The number of nitrogens with zero attached hydrogens (tertiary/aromatic N) is 2. The molecule has 0 bridgehead atoms. The Bertz CT molecular complexity index is 473. The minimum Gasteiger partial charge on any atom is -0.475 e. The van der Waals surface area contributed by atoms with Gasteiger partial charge in [-0.3, -0.25) is 0 Å². The second-order valence-electron chi connectivity index (χ2n) is 7.50. The number of carbonyl (C=O) groups is 2. The third kappa shape index (κ3) is 18.0. The third-order valence-corrected chi connectivity index (χ3v) is 4.56. The van der Waals surface area contributed by atoms with Crippen molar-refractivity contribution in [2.45, 2.75) is 50.1 Å². The first-order valence-electron chi connectivity index (χ1n) is 9.84. The fourth-order valence-corrected chi connectivity index (χ4v) is 2.65. The molecule has 0 aliphatic carbocycles. The Morgan fingerprint density at radius 2 is 0.844 bits per heavy atom. The number of aliphatic carboxylic acids is 2. The molecule has 0 saturated carbocycles. The molecule has 14 heteroatoms. The van der Waals surface area contributed by atoms with Gasteiger partial charge in [-0.25, -0.2) is 9.59 Å². The van der Waals surface area contributed by atoms with Gasteiger partial charge in [-0.2, -0.15) is 26.3 Å². The minimum absolute atomic E-state index is 0.825. The lowest BCUT2D eigenvalue weighted by Crippen LogP contribution is -2.39. The van der Waals surface area contributed by atoms with Crippen LogP contribution in [0.25, 0.3) is 0 Å². The molecule has 2 rings (SSSR count). The van der Waals surface area contributed by atoms with Crippen LogP contribution in [0.1, 0.15) is 25.7 Å². The lowest BCUT2D eigenvalue weighted by atomic mass is 10.1. The van der Waals surface area contributed by atoms with Gasteiger partial charge in [0.1, 0.15) is 0 Å². The SMILES string of the molecule is CN(C)C1CCNCC1.CN(C)C1CCNCC1.O=C(O)C(F)(F)F.O=C(O)C(F)(F)F. The van der Waals surface area contributed by atoms with Crippen LogP contribution in [0.2, 0.25) is 0 Å². The zero-order chi connectivity index (χ0) is 25.5. The van der Waals surface area contributed by atoms with Crippen LogP contribution in [0, 0.1) is 0 Å². The van der Waals surface area contributed by atoms with Gasteiger partial charge in [-0.05, 0) is 80.1 Å². The Morgan fingerprint density at radius 1 is 0.656 bits per heavy atom. The molecule has 8 nitrogen and oxygen atoms in total. The van der Waals surface area contributed by atoms with E-state index in [9.17, 15) is 26.3 Å². The second kappa shape index (κ2) is 16.0. The van der Waals surface area contributed by atoms with E-state index in [4.69, 9.17) is 19.8 Å². The largest absolute Gasteiger partial charge is 0.490 e. The molecule has 0 aromatic rings. The predicted molar refractivity (Wildman–Crippen MR) is 107 cm³/mol. The number of halogens is 6. The molecule has 2 aliphatic rings. The first-order valence-corrected chi connectivity index (χ1v) is 9.84. The van der Waals surface area contributed by atoms with Crippen LogP contribution in [0.15, 0.2) is 0 Å². The molecule has 2 saturated heterocycles. The summed E-state index contributed by atoms with van der Waals surface area (Å²) >= 11 is 0. The Labute approximate surface area is 183 Å². The summed E-state index contributed by atoms with van der Waals surface area (Å²) in [4.78, 5) is 22.4. The summed E-state index contributed by atoms with van der Waals surface area (Å²) in [5.74, 6) is -5.51. The van der Waals surface area contributed by atoms with Gasteiger partial charge >= 0.3 is 24.3 Å². The van der Waals surface area contributed by atoms with Crippen molar-refractivity contribution in [3.05, 3.63) is 0 Å². The highest BCUT2D eigenvalue weighted by atomic mass is 19.4. The van der Waals surface area contributed by atoms with Crippen molar-refractivity contribution in [3.63, 3.8) is 0 Å². The number of hydrogen-bond donors (Lipinski definition) is 4. The van der Waals surface area contributed by atoms with Gasteiger partial charge in [0.25, 0.3) is 0 Å². The maximum absolute atomic E-state index is 10.6. The Balaban J connectivity index is 0. The maximum atomic E-state index is 10.6. The average molecular weight is 484 g/mol. The molecular formula is C18H34F6N4O4. The molecule has 2 fully saturated rings. The molecule has 192 valence electrons. The number of carboxylic acids is 2. The lowest BCUT2D eigenvalue weighted by Gasteiger charge is -2.28. The number of hydrogen-bond acceptors (Lipinski definition) is 6. The highest BCUT2D eigenvalue weighted by Crippen LogP contribution is 2.13. The lowest BCUT2D eigenvalue weighted by molar-refractivity contribution is -0.193. The number of nitrogens with one attached hydrogen (secondary N) is 2. The Morgan fingerprint density at radius 3 is 0.938 bits per heavy atom. The fraction of sp³-hybridized carbons (Fsp3) is 0.889. The summed E-state index contributed by atoms with van der Waals surface area (Å²) in [5.41, 5.74) is 0. The van der Waals surface area contributed by atoms with E-state index in [1.54, 1.807) is 0 Å². The molecule has 0 aromatic heterocycles. The molecule has 32 heavy (non-hydrogen) atoms. The molecule has 0 atom stereocenters. The van der Waals surface area contributed by atoms with Crippen molar-refractivity contribution in [1.82, 2.24) is 20.4 Å². The van der Waals surface area contributed by atoms with E-state index in [0.717, 1.165) is 12.1 Å². The summed E-state index contributed by atoms with van der Waals surface area (Å²) in [6.07, 6.45) is -4.92. The predicted octanol–water partition coefficient (Wildman–Crippen LogP) is 1.87. The zero-order valence-electron chi connectivity index (χ0n) is 18.7. The van der Waals surface area contributed by atoms with Crippen molar-refractivity contribution in [2.24, 2.45) is 0 Å². The highest BCUT2D eigenvalue weighted by molar-refractivity contribution is 5.73. The van der Waals surface area contributed by atoms with E-state index in [1.165, 1.54) is 51.9 Å². The number of carboxylic acid groups (broad SMARTS) is 2. The van der Waals surface area contributed by atoms with Gasteiger partial charge < -0.3 is 30.6 Å². The quantitative estimate of drug-likeness (QED) is 0.441. The van der Waals surface area contributed by atoms with Crippen molar-refractivity contribution in [2.75, 3.05) is 54.4 Å². The molecule has 0 spiro atoms. The van der Waals surface area contributed by atoms with E-state index >= 15 is 0 Å². The number of alkyl halides is 6. The summed E-state index contributed by atoms with van der Waals surface area (Å²) < 4.78 is 63.5. The van der Waals surface area contributed by atoms with Crippen molar-refractivity contribution >= 4 is 11.9 Å². The van der Waals surface area contributed by atoms with Crippen LogP contribution in [0.4, 0.5) is 26.3 Å². The van der Waals surface area contributed by atoms with Crippen LogP contribution in [0.3, 0.4) is 0 Å². The zero-order valence-corrected chi connectivity index (χ0v) is 18.7. The Hall–Kier alpha value is -1.64. The first kappa shape index (κ1) is 32.5. The van der Waals surface area contributed by atoms with Crippen LogP contribution in [-0.4, -0.2) is 111 Å². The first-order chi connectivity index (χ1) is 14.5. The van der Waals surface area contributed by atoms with Crippen LogP contribution in [0.5, 0.6) is 0 Å². The van der Waals surface area contributed by atoms with Crippen LogP contribution < -0.4 is 10.6 Å². The number of rotatable bonds is 2. The van der Waals surface area contributed by atoms with Gasteiger partial charge in [0.15, 0.2) is 0 Å². The molecule has 2 heterocycles. The average Bonchev–Trinajstić information content (AvgIpc) is 2.69. The van der Waals surface area contributed by atoms with Crippen molar-refractivity contribution < 1.29 is 46.1 Å². The van der Waals surface area contributed by atoms with Gasteiger partial charge in [0.05, 0.1) is 0 Å². The second-order valence-corrected chi connectivity index (χ2v) is 7.50. The fourth-order valence-electron chi connectivity index (χ4n) is 2.65. The standard InChI is InChI=1S/2C7H16N2.2C2HF3O2/c2*1-9(2)7-3-5-8-6-4-7;2*3-2(4,5)1(6)7/h2*7-8H,3-6H2,1-2H3;2*(H,6,7). The van der Waals surface area contributed by atoms with Gasteiger partial charge in [-0.15, -0.1) is 0 Å². The van der Waals surface area contributed by atoms with E-state index < -0.39 is 24.3 Å². The maximum Gasteiger partial charge on any atom is 0.490 e. The van der Waals surface area contributed by atoms with E-state index in [-0.39, 0.29) is 0 Å². The number of piperidine rings is 2. The third-order valence-electron chi connectivity index (χ3n) is 4.56. The molecule has 0 amide bonds. The summed E-state index contributed by atoms with van der Waals surface area (Å²) in [7, 11) is 8.65. The van der Waals surface area contributed by atoms with Gasteiger partial charge in [-0.1, -0.05) is 0 Å². The van der Waals surface area contributed by atoms with E-state index in [2.05, 4.69) is 48.6 Å². The molecule has 0 radical (unpaired) electrons. The topological polar surface area (TPSA) is 105 Å². The summed E-state index contributed by atoms with van der Waals surface area (Å²) in [6.45, 7) is 4.79. The van der Waals surface area contributed by atoms with Crippen LogP contribution in [-0.2, 0) is 9.59 Å². The molecule has 2 aliphatic heterocycles. The minimum atomic E-state index is -5.08. The highest BCUT2D eigenvalue weighted by Gasteiger charge is 2.38. The molecular weight excluding hydrogens is 450 g/mol. The Kier molecular flexibility index (Phi) is 16.3. The van der Waals surface area contributed by atoms with Crippen LogP contribution >= 0.6 is 0 Å². The van der Waals surface area contributed by atoms with E-state index in [1.807, 2.05) is 0 Å². The summed E-state index contributed by atoms with van der Waals surface area (Å²) in [5, 5.41) is 20.9. The molecule has 0 aromatic carbocycles. The monoisotopic (exact) mass is 484 g/mol. The van der Waals surface area contributed by atoms with Gasteiger partial charge in [0.2, 0.25) is 0 Å². The normalized spacial score (nSPS) is 17.9. The molecule has 4 N–H and O–H groups in total. The van der Waals surface area contributed by atoms with E-state index in [0.29, 0.717) is 0 Å². The smallest absolute Gasteiger partial charge is 0.475 e. The summed E-state index contributed by atoms with van der Waals surface area (Å²) in [6, 6.07) is 1.65.